The van der Waals surface area contributed by atoms with Crippen LogP contribution < -0.4 is 24.3 Å². The Bertz CT molecular complexity index is 1100. The summed E-state index contributed by atoms with van der Waals surface area (Å²) in [5, 5.41) is 12.5. The third-order valence-electron chi connectivity index (χ3n) is 4.59. The zero-order valence-corrected chi connectivity index (χ0v) is 19.1. The highest BCUT2D eigenvalue weighted by atomic mass is 79.9. The lowest BCUT2D eigenvalue weighted by Gasteiger charge is -2.23. The van der Waals surface area contributed by atoms with E-state index in [-0.39, 0.29) is 0 Å². The number of rotatable bonds is 5. The van der Waals surface area contributed by atoms with Gasteiger partial charge in [0.1, 0.15) is 0 Å². The number of thioether (sulfide) groups is 1. The first kappa shape index (κ1) is 20.5. The average Bonchev–Trinajstić information content (AvgIpc) is 2.93. The number of benzene rings is 2. The van der Waals surface area contributed by atoms with E-state index in [4.69, 9.17) is 18.9 Å². The lowest BCUT2D eigenvalue weighted by Crippen LogP contribution is -2.18. The maximum atomic E-state index is 6.29. The molecular formula is C20H19BrN4O4S. The van der Waals surface area contributed by atoms with E-state index in [0.717, 1.165) is 21.3 Å². The normalized spacial score (nSPS) is 14.5. The molecule has 1 N–H and O–H groups in total. The van der Waals surface area contributed by atoms with Gasteiger partial charge in [0.25, 0.3) is 0 Å². The minimum atomic E-state index is -0.618. The first-order chi connectivity index (χ1) is 14.6. The fraction of sp³-hybridized carbons (Fsp3) is 0.250. The van der Waals surface area contributed by atoms with E-state index in [9.17, 15) is 0 Å². The zero-order chi connectivity index (χ0) is 21.3. The number of aromatic nitrogens is 3. The summed E-state index contributed by atoms with van der Waals surface area (Å²) in [6.45, 7) is 0. The van der Waals surface area contributed by atoms with Gasteiger partial charge in [-0.2, -0.15) is 4.98 Å². The summed E-state index contributed by atoms with van der Waals surface area (Å²) in [6, 6.07) is 9.51. The summed E-state index contributed by atoms with van der Waals surface area (Å²) >= 11 is 4.91. The predicted molar refractivity (Wildman–Crippen MR) is 118 cm³/mol. The monoisotopic (exact) mass is 490 g/mol. The van der Waals surface area contributed by atoms with E-state index >= 15 is 0 Å². The van der Waals surface area contributed by atoms with Crippen molar-refractivity contribution in [3.63, 3.8) is 0 Å². The average molecular weight is 491 g/mol. The quantitative estimate of drug-likeness (QED) is 0.517. The van der Waals surface area contributed by atoms with Crippen LogP contribution in [0.4, 0.5) is 5.69 Å². The van der Waals surface area contributed by atoms with Gasteiger partial charge in [-0.25, -0.2) is 0 Å². The molecule has 10 heteroatoms. The molecule has 3 aromatic rings. The molecule has 0 radical (unpaired) electrons. The number of hydrogen-bond acceptors (Lipinski definition) is 9. The SMILES string of the molecule is COc1ccc(C2Nc3ccc(Br)cc3-c3nnc(SC)nc3O2)c(OC)c1OC. The molecule has 0 saturated carbocycles. The maximum Gasteiger partial charge on any atom is 0.247 e. The van der Waals surface area contributed by atoms with Gasteiger partial charge < -0.3 is 24.3 Å². The van der Waals surface area contributed by atoms with Crippen LogP contribution in [0, 0.1) is 0 Å². The molecule has 30 heavy (non-hydrogen) atoms. The van der Waals surface area contributed by atoms with Gasteiger partial charge in [0.05, 0.1) is 26.9 Å². The number of hydrogen-bond donors (Lipinski definition) is 1. The van der Waals surface area contributed by atoms with Gasteiger partial charge in [-0.3, -0.25) is 0 Å². The Labute approximate surface area is 186 Å². The molecule has 8 nitrogen and oxygen atoms in total. The van der Waals surface area contributed by atoms with Crippen LogP contribution in [0.15, 0.2) is 40.0 Å². The summed E-state index contributed by atoms with van der Waals surface area (Å²) in [4.78, 5) is 4.54. The number of nitrogens with zero attached hydrogens (tertiary/aromatic N) is 3. The number of ether oxygens (including phenoxy) is 4. The summed E-state index contributed by atoms with van der Waals surface area (Å²) in [7, 11) is 4.72. The predicted octanol–water partition coefficient (Wildman–Crippen LogP) is 4.55. The minimum absolute atomic E-state index is 0.375. The summed E-state index contributed by atoms with van der Waals surface area (Å²) in [5.41, 5.74) is 2.93. The van der Waals surface area contributed by atoms with Crippen molar-refractivity contribution in [1.82, 2.24) is 15.2 Å². The largest absolute Gasteiger partial charge is 0.493 e. The third kappa shape index (κ3) is 3.61. The topological polar surface area (TPSA) is 87.6 Å². The lowest BCUT2D eigenvalue weighted by atomic mass is 10.1. The van der Waals surface area contributed by atoms with Crippen molar-refractivity contribution in [2.24, 2.45) is 0 Å². The molecule has 0 amide bonds. The molecule has 0 spiro atoms. The van der Waals surface area contributed by atoms with Crippen LogP contribution in [-0.2, 0) is 0 Å². The van der Waals surface area contributed by atoms with Crippen LogP contribution in [0.25, 0.3) is 11.3 Å². The van der Waals surface area contributed by atoms with E-state index < -0.39 is 6.23 Å². The van der Waals surface area contributed by atoms with E-state index in [2.05, 4.69) is 36.4 Å². The number of methoxy groups -OCH3 is 3. The molecule has 1 unspecified atom stereocenters. The molecule has 0 aliphatic carbocycles. The molecule has 0 fully saturated rings. The van der Waals surface area contributed by atoms with Gasteiger partial charge in [0, 0.05) is 15.7 Å². The highest BCUT2D eigenvalue weighted by molar-refractivity contribution is 9.10. The van der Waals surface area contributed by atoms with Crippen molar-refractivity contribution < 1.29 is 18.9 Å². The Hall–Kier alpha value is -2.72. The first-order valence-corrected chi connectivity index (χ1v) is 10.9. The van der Waals surface area contributed by atoms with Crippen molar-refractivity contribution in [1.29, 1.82) is 0 Å². The van der Waals surface area contributed by atoms with Crippen molar-refractivity contribution in [3.8, 4) is 34.4 Å². The van der Waals surface area contributed by atoms with Gasteiger partial charge in [0.2, 0.25) is 23.0 Å². The maximum absolute atomic E-state index is 6.29. The number of nitrogens with one attached hydrogen (secondary N) is 1. The Morgan fingerprint density at radius 3 is 2.53 bits per heavy atom. The zero-order valence-electron chi connectivity index (χ0n) is 16.7. The van der Waals surface area contributed by atoms with Crippen LogP contribution in [0.2, 0.25) is 0 Å². The molecule has 0 bridgehead atoms. The molecule has 1 aliphatic rings. The molecule has 156 valence electrons. The van der Waals surface area contributed by atoms with Crippen LogP contribution >= 0.6 is 27.7 Å². The molecule has 1 aliphatic heterocycles. The second-order valence-electron chi connectivity index (χ2n) is 6.21. The van der Waals surface area contributed by atoms with Crippen LogP contribution in [0.3, 0.4) is 0 Å². The molecule has 1 aromatic heterocycles. The molecule has 1 atom stereocenters. The fourth-order valence-corrected chi connectivity index (χ4v) is 3.89. The summed E-state index contributed by atoms with van der Waals surface area (Å²) in [6.07, 6.45) is 1.27. The lowest BCUT2D eigenvalue weighted by molar-refractivity contribution is 0.217. The highest BCUT2D eigenvalue weighted by Gasteiger charge is 2.30. The van der Waals surface area contributed by atoms with Crippen molar-refractivity contribution in [2.75, 3.05) is 32.9 Å². The van der Waals surface area contributed by atoms with Gasteiger partial charge in [0.15, 0.2) is 17.2 Å². The Morgan fingerprint density at radius 1 is 1.03 bits per heavy atom. The van der Waals surface area contributed by atoms with Crippen LogP contribution in [0.1, 0.15) is 11.8 Å². The molecule has 0 saturated heterocycles. The van der Waals surface area contributed by atoms with Crippen molar-refractivity contribution >= 4 is 33.4 Å². The van der Waals surface area contributed by atoms with Crippen LogP contribution in [-0.4, -0.2) is 42.8 Å². The Kier molecular flexibility index (Phi) is 5.87. The third-order valence-corrected chi connectivity index (χ3v) is 5.62. The van der Waals surface area contributed by atoms with Crippen molar-refractivity contribution in [2.45, 2.75) is 11.4 Å². The second-order valence-corrected chi connectivity index (χ2v) is 7.90. The first-order valence-electron chi connectivity index (χ1n) is 8.90. The highest BCUT2D eigenvalue weighted by Crippen LogP contribution is 2.46. The molecular weight excluding hydrogens is 472 g/mol. The summed E-state index contributed by atoms with van der Waals surface area (Å²) in [5.74, 6) is 1.92. The van der Waals surface area contributed by atoms with Gasteiger partial charge in [-0.15, -0.1) is 10.2 Å². The van der Waals surface area contributed by atoms with E-state index in [1.54, 1.807) is 21.3 Å². The number of halogens is 1. The van der Waals surface area contributed by atoms with Crippen LogP contribution in [0.5, 0.6) is 23.1 Å². The van der Waals surface area contributed by atoms with Crippen molar-refractivity contribution in [3.05, 3.63) is 40.4 Å². The van der Waals surface area contributed by atoms with Gasteiger partial charge in [-0.1, -0.05) is 27.7 Å². The van der Waals surface area contributed by atoms with Gasteiger partial charge in [-0.05, 0) is 36.6 Å². The van der Waals surface area contributed by atoms with Gasteiger partial charge >= 0.3 is 0 Å². The number of fused-ring (bicyclic) bond motifs is 3. The molecule has 2 heterocycles. The Morgan fingerprint density at radius 2 is 1.83 bits per heavy atom. The molecule has 2 aromatic carbocycles. The minimum Gasteiger partial charge on any atom is -0.493 e. The fourth-order valence-electron chi connectivity index (χ4n) is 3.23. The standard InChI is InChI=1S/C20H19BrN4O4S/c1-26-14-8-6-11(16(27-2)17(14)28-3)18-22-13-7-5-10(21)9-12(13)15-19(29-18)23-20(30-4)25-24-15/h5-9,18,22H,1-4H3. The smallest absolute Gasteiger partial charge is 0.247 e. The van der Waals surface area contributed by atoms with E-state index in [0.29, 0.717) is 34.0 Å². The number of anilines is 1. The molecule has 4 rings (SSSR count). The second kappa shape index (κ2) is 8.57. The Balaban J connectivity index is 1.90. The summed E-state index contributed by atoms with van der Waals surface area (Å²) < 4.78 is 23.8. The van der Waals surface area contributed by atoms with E-state index in [1.807, 2.05) is 36.6 Å². The van der Waals surface area contributed by atoms with E-state index in [1.165, 1.54) is 11.8 Å².